The summed E-state index contributed by atoms with van der Waals surface area (Å²) >= 11 is 0. The van der Waals surface area contributed by atoms with Gasteiger partial charge in [-0.25, -0.2) is 0 Å². The summed E-state index contributed by atoms with van der Waals surface area (Å²) in [7, 11) is 0. The number of carbonyl (C=O) groups is 4. The van der Waals surface area contributed by atoms with E-state index in [0.29, 0.717) is 5.56 Å². The van der Waals surface area contributed by atoms with E-state index in [0.717, 1.165) is 16.3 Å². The Bertz CT molecular complexity index is 1090. The first-order valence-corrected chi connectivity index (χ1v) is 10.9. The van der Waals surface area contributed by atoms with E-state index in [1.165, 1.54) is 27.7 Å². The van der Waals surface area contributed by atoms with Gasteiger partial charge in [-0.15, -0.1) is 0 Å². The largest absolute Gasteiger partial charge is 0.463 e. The minimum Gasteiger partial charge on any atom is -0.463 e. The zero-order chi connectivity index (χ0) is 25.0. The first kappa shape index (κ1) is 25.2. The lowest BCUT2D eigenvalue weighted by Crippen LogP contribution is -2.59. The van der Waals surface area contributed by atoms with Crippen molar-refractivity contribution in [1.29, 1.82) is 0 Å². The molecule has 1 heterocycles. The van der Waals surface area contributed by atoms with E-state index in [9.17, 15) is 19.2 Å². The van der Waals surface area contributed by atoms with Gasteiger partial charge >= 0.3 is 23.9 Å². The lowest BCUT2D eigenvalue weighted by molar-refractivity contribution is -0.254. The summed E-state index contributed by atoms with van der Waals surface area (Å²) in [5, 5.41) is 1.82. The molecular weight excluding hydrogens is 444 g/mol. The van der Waals surface area contributed by atoms with E-state index in [1.807, 2.05) is 43.3 Å². The van der Waals surface area contributed by atoms with Crippen LogP contribution in [-0.4, -0.2) is 54.9 Å². The highest BCUT2D eigenvalue weighted by Gasteiger charge is 2.52. The molecule has 0 bridgehead atoms. The second-order valence-electron chi connectivity index (χ2n) is 8.14. The summed E-state index contributed by atoms with van der Waals surface area (Å²) in [6.07, 6.45) is -5.42. The molecule has 0 radical (unpaired) electrons. The van der Waals surface area contributed by atoms with E-state index < -0.39 is 54.4 Å². The van der Waals surface area contributed by atoms with Crippen molar-refractivity contribution in [2.24, 2.45) is 0 Å². The first-order chi connectivity index (χ1) is 16.1. The highest BCUT2D eigenvalue weighted by atomic mass is 16.7. The van der Waals surface area contributed by atoms with Crippen LogP contribution in [0, 0.1) is 6.92 Å². The Morgan fingerprint density at radius 1 is 0.735 bits per heavy atom. The number of hydrogen-bond acceptors (Lipinski definition) is 9. The minimum absolute atomic E-state index is 0.266. The normalized spacial score (nSPS) is 24.2. The van der Waals surface area contributed by atoms with Crippen LogP contribution in [0.3, 0.4) is 0 Å². The quantitative estimate of drug-likeness (QED) is 0.462. The summed E-state index contributed by atoms with van der Waals surface area (Å²) in [6, 6.07) is 11.4. The molecule has 2 aromatic rings. The number of aryl methyl sites for hydroxylation is 1. The lowest BCUT2D eigenvalue weighted by atomic mass is 9.87. The third-order valence-electron chi connectivity index (χ3n) is 5.47. The standard InChI is InChI=1S/C25H28O9/c1-13-10-11-20(19-9-7-6-8-18(13)19)22-24(32-16(4)28)25(33-17(5)29)23(31-15(3)27)21(34-22)12-30-14(2)26/h6-11,21-25H,12H2,1-5H3/t21-,22-,23+,24+,25+/m1/s1. The van der Waals surface area contributed by atoms with Gasteiger partial charge in [0.15, 0.2) is 18.3 Å². The van der Waals surface area contributed by atoms with Crippen LogP contribution in [-0.2, 0) is 42.9 Å². The fourth-order valence-electron chi connectivity index (χ4n) is 4.20. The lowest BCUT2D eigenvalue weighted by Gasteiger charge is -2.44. The molecule has 5 atom stereocenters. The van der Waals surface area contributed by atoms with Crippen LogP contribution in [0.5, 0.6) is 0 Å². The molecule has 0 saturated carbocycles. The summed E-state index contributed by atoms with van der Waals surface area (Å²) in [5.41, 5.74) is 1.71. The molecule has 1 fully saturated rings. The topological polar surface area (TPSA) is 114 Å². The third-order valence-corrected chi connectivity index (χ3v) is 5.47. The van der Waals surface area contributed by atoms with Gasteiger partial charge < -0.3 is 23.7 Å². The Balaban J connectivity index is 2.17. The third kappa shape index (κ3) is 5.72. The van der Waals surface area contributed by atoms with Crippen LogP contribution in [0.4, 0.5) is 0 Å². The molecule has 1 aliphatic rings. The van der Waals surface area contributed by atoms with Gasteiger partial charge in [0.2, 0.25) is 0 Å². The monoisotopic (exact) mass is 472 g/mol. The first-order valence-electron chi connectivity index (χ1n) is 10.9. The fourth-order valence-corrected chi connectivity index (χ4v) is 4.20. The molecular formula is C25H28O9. The maximum atomic E-state index is 12.1. The van der Waals surface area contributed by atoms with Crippen molar-refractivity contribution in [3.8, 4) is 0 Å². The molecule has 1 saturated heterocycles. The van der Waals surface area contributed by atoms with Crippen molar-refractivity contribution in [3.63, 3.8) is 0 Å². The van der Waals surface area contributed by atoms with Crippen molar-refractivity contribution >= 4 is 34.6 Å². The van der Waals surface area contributed by atoms with E-state index in [-0.39, 0.29) is 6.61 Å². The molecule has 0 N–H and O–H groups in total. The Morgan fingerprint density at radius 3 is 1.88 bits per heavy atom. The van der Waals surface area contributed by atoms with Crippen molar-refractivity contribution < 1.29 is 42.9 Å². The molecule has 0 unspecified atom stereocenters. The van der Waals surface area contributed by atoms with E-state index in [1.54, 1.807) is 0 Å². The SMILES string of the molecule is CC(=O)OC[C@H]1O[C@H](c2ccc(C)c3ccccc23)[C@H](OC(C)=O)[C@@H](OC(C)=O)[C@H]1OC(C)=O. The van der Waals surface area contributed by atoms with Gasteiger partial charge in [0.1, 0.15) is 18.8 Å². The van der Waals surface area contributed by atoms with Crippen LogP contribution in [0.15, 0.2) is 36.4 Å². The van der Waals surface area contributed by atoms with Gasteiger partial charge in [0, 0.05) is 27.7 Å². The van der Waals surface area contributed by atoms with Crippen molar-refractivity contribution in [3.05, 3.63) is 47.5 Å². The number of hydrogen-bond donors (Lipinski definition) is 0. The van der Waals surface area contributed by atoms with Crippen LogP contribution in [0.25, 0.3) is 10.8 Å². The van der Waals surface area contributed by atoms with Crippen LogP contribution in [0.2, 0.25) is 0 Å². The van der Waals surface area contributed by atoms with Gasteiger partial charge in [-0.05, 0) is 28.8 Å². The molecule has 9 heteroatoms. The average molecular weight is 472 g/mol. The van der Waals surface area contributed by atoms with Crippen molar-refractivity contribution in [2.75, 3.05) is 6.61 Å². The van der Waals surface area contributed by atoms with Gasteiger partial charge in [0.05, 0.1) is 0 Å². The smallest absolute Gasteiger partial charge is 0.303 e. The number of esters is 4. The molecule has 1 aliphatic heterocycles. The van der Waals surface area contributed by atoms with E-state index >= 15 is 0 Å². The molecule has 34 heavy (non-hydrogen) atoms. The Labute approximate surface area is 197 Å². The summed E-state index contributed by atoms with van der Waals surface area (Å²) < 4.78 is 28.0. The van der Waals surface area contributed by atoms with Crippen LogP contribution < -0.4 is 0 Å². The van der Waals surface area contributed by atoms with Crippen molar-refractivity contribution in [2.45, 2.75) is 65.1 Å². The highest BCUT2D eigenvalue weighted by molar-refractivity contribution is 5.89. The van der Waals surface area contributed by atoms with Gasteiger partial charge in [-0.2, -0.15) is 0 Å². The Kier molecular flexibility index (Phi) is 7.88. The number of ether oxygens (including phenoxy) is 5. The van der Waals surface area contributed by atoms with E-state index in [2.05, 4.69) is 0 Å². The summed E-state index contributed by atoms with van der Waals surface area (Å²) in [6.45, 7) is 6.55. The second kappa shape index (κ2) is 10.6. The minimum atomic E-state index is -1.20. The van der Waals surface area contributed by atoms with Crippen LogP contribution in [0.1, 0.15) is 44.9 Å². The molecule has 2 aromatic carbocycles. The maximum Gasteiger partial charge on any atom is 0.303 e. The van der Waals surface area contributed by atoms with Gasteiger partial charge in [0.25, 0.3) is 0 Å². The Morgan fingerprint density at radius 2 is 1.29 bits per heavy atom. The fraction of sp³-hybridized carbons (Fsp3) is 0.440. The van der Waals surface area contributed by atoms with Crippen LogP contribution >= 0.6 is 0 Å². The molecule has 0 amide bonds. The number of carbonyl (C=O) groups excluding carboxylic acids is 4. The number of rotatable bonds is 6. The van der Waals surface area contributed by atoms with E-state index in [4.69, 9.17) is 23.7 Å². The predicted molar refractivity (Wildman–Crippen MR) is 120 cm³/mol. The molecule has 182 valence electrons. The highest BCUT2D eigenvalue weighted by Crippen LogP contribution is 2.40. The molecule has 3 rings (SSSR count). The maximum absolute atomic E-state index is 12.1. The summed E-state index contributed by atoms with van der Waals surface area (Å²) in [4.78, 5) is 47.5. The zero-order valence-electron chi connectivity index (χ0n) is 19.7. The summed E-state index contributed by atoms with van der Waals surface area (Å²) in [5.74, 6) is -2.53. The predicted octanol–water partition coefficient (Wildman–Crippen LogP) is 2.95. The zero-order valence-corrected chi connectivity index (χ0v) is 19.7. The number of benzene rings is 2. The van der Waals surface area contributed by atoms with Gasteiger partial charge in [-0.1, -0.05) is 36.4 Å². The molecule has 0 aromatic heterocycles. The number of fused-ring (bicyclic) bond motifs is 1. The molecule has 0 spiro atoms. The second-order valence-corrected chi connectivity index (χ2v) is 8.14. The molecule has 0 aliphatic carbocycles. The molecule has 9 nitrogen and oxygen atoms in total. The Hall–Kier alpha value is -3.46. The van der Waals surface area contributed by atoms with Crippen molar-refractivity contribution in [1.82, 2.24) is 0 Å². The van der Waals surface area contributed by atoms with Gasteiger partial charge in [-0.3, -0.25) is 19.2 Å². The average Bonchev–Trinajstić information content (AvgIpc) is 2.75.